The van der Waals surface area contributed by atoms with E-state index in [1.54, 1.807) is 0 Å². The fraction of sp³-hybridized carbons (Fsp3) is 0.706. The minimum Gasteiger partial charge on any atom is -0.371 e. The number of likely N-dealkylation sites (tertiary alicyclic amines) is 1. The number of pyridine rings is 1. The van der Waals surface area contributed by atoms with E-state index in [1.165, 1.54) is 50.1 Å². The number of nitrogens with one attached hydrogen (secondary N) is 1. The Kier molecular flexibility index (Phi) is 4.76. The molecule has 3 heterocycles. The molecule has 1 aromatic heterocycles. The zero-order valence-corrected chi connectivity index (χ0v) is 13.4. The first kappa shape index (κ1) is 14.8. The summed E-state index contributed by atoms with van der Waals surface area (Å²) in [4.78, 5) is 9.48. The molecule has 2 atom stereocenters. The summed E-state index contributed by atoms with van der Waals surface area (Å²) in [7, 11) is 2.30. The van der Waals surface area contributed by atoms with Gasteiger partial charge in [-0.1, -0.05) is 6.92 Å². The summed E-state index contributed by atoms with van der Waals surface area (Å²) >= 11 is 0. The molecule has 0 radical (unpaired) electrons. The lowest BCUT2D eigenvalue weighted by Gasteiger charge is -2.47. The zero-order chi connectivity index (χ0) is 14.7. The number of hydrogen-bond donors (Lipinski definition) is 1. The van der Waals surface area contributed by atoms with Gasteiger partial charge in [0.05, 0.1) is 0 Å². The van der Waals surface area contributed by atoms with Crippen LogP contribution in [0.5, 0.6) is 0 Å². The van der Waals surface area contributed by atoms with Crippen LogP contribution in [0.1, 0.15) is 31.7 Å². The van der Waals surface area contributed by atoms with Gasteiger partial charge in [-0.3, -0.25) is 4.98 Å². The first-order valence-electron chi connectivity index (χ1n) is 8.38. The Bertz CT molecular complexity index is 462. The molecule has 1 aromatic rings. The van der Waals surface area contributed by atoms with Crippen molar-refractivity contribution < 1.29 is 0 Å². The van der Waals surface area contributed by atoms with Crippen LogP contribution >= 0.6 is 0 Å². The van der Waals surface area contributed by atoms with Gasteiger partial charge >= 0.3 is 0 Å². The third kappa shape index (κ3) is 3.22. The SMILES string of the molecule is CCNCc1cnccc1N1CCC2C(CCCN2C)C1. The van der Waals surface area contributed by atoms with Gasteiger partial charge in [0.15, 0.2) is 0 Å². The number of rotatable bonds is 4. The van der Waals surface area contributed by atoms with Crippen molar-refractivity contribution in [3.05, 3.63) is 24.0 Å². The minimum atomic E-state index is 0.800. The number of nitrogens with zero attached hydrogens (tertiary/aromatic N) is 3. The second kappa shape index (κ2) is 6.75. The molecular weight excluding hydrogens is 260 g/mol. The van der Waals surface area contributed by atoms with Crippen molar-refractivity contribution in [2.75, 3.05) is 38.1 Å². The van der Waals surface area contributed by atoms with E-state index in [9.17, 15) is 0 Å². The zero-order valence-electron chi connectivity index (χ0n) is 13.4. The summed E-state index contributed by atoms with van der Waals surface area (Å²) in [6, 6.07) is 2.99. The Morgan fingerprint density at radius 3 is 3.10 bits per heavy atom. The molecule has 2 fully saturated rings. The van der Waals surface area contributed by atoms with Crippen molar-refractivity contribution in [3.63, 3.8) is 0 Å². The highest BCUT2D eigenvalue weighted by atomic mass is 15.2. The molecule has 2 unspecified atom stereocenters. The van der Waals surface area contributed by atoms with Crippen LogP contribution in [0.25, 0.3) is 0 Å². The van der Waals surface area contributed by atoms with E-state index < -0.39 is 0 Å². The molecule has 0 aliphatic carbocycles. The Morgan fingerprint density at radius 1 is 1.33 bits per heavy atom. The minimum absolute atomic E-state index is 0.800. The summed E-state index contributed by atoms with van der Waals surface area (Å²) in [5.74, 6) is 0.831. The number of piperidine rings is 2. The third-order valence-electron chi connectivity index (χ3n) is 5.13. The second-order valence-electron chi connectivity index (χ2n) is 6.47. The summed E-state index contributed by atoms with van der Waals surface area (Å²) in [5, 5.41) is 3.43. The van der Waals surface area contributed by atoms with Gasteiger partial charge in [-0.2, -0.15) is 0 Å². The molecule has 3 rings (SSSR count). The van der Waals surface area contributed by atoms with Crippen LogP contribution in [0.2, 0.25) is 0 Å². The van der Waals surface area contributed by atoms with Crippen LogP contribution < -0.4 is 10.2 Å². The van der Waals surface area contributed by atoms with Crippen LogP contribution in [0.3, 0.4) is 0 Å². The average Bonchev–Trinajstić information content (AvgIpc) is 2.53. The van der Waals surface area contributed by atoms with Gasteiger partial charge in [0.25, 0.3) is 0 Å². The first-order valence-corrected chi connectivity index (χ1v) is 8.38. The van der Waals surface area contributed by atoms with E-state index in [4.69, 9.17) is 0 Å². The monoisotopic (exact) mass is 288 g/mol. The highest BCUT2D eigenvalue weighted by Gasteiger charge is 2.34. The highest BCUT2D eigenvalue weighted by molar-refractivity contribution is 5.52. The van der Waals surface area contributed by atoms with Gasteiger partial charge in [0, 0.05) is 49.3 Å². The summed E-state index contributed by atoms with van der Waals surface area (Å²) in [6.45, 7) is 7.74. The van der Waals surface area contributed by atoms with Crippen molar-refractivity contribution in [2.45, 2.75) is 38.8 Å². The van der Waals surface area contributed by atoms with E-state index in [0.29, 0.717) is 0 Å². The maximum atomic E-state index is 4.31. The molecule has 4 nitrogen and oxygen atoms in total. The number of hydrogen-bond acceptors (Lipinski definition) is 4. The van der Waals surface area contributed by atoms with Crippen molar-refractivity contribution in [3.8, 4) is 0 Å². The fourth-order valence-corrected chi connectivity index (χ4v) is 4.00. The van der Waals surface area contributed by atoms with Gasteiger partial charge in [-0.15, -0.1) is 0 Å². The Labute approximate surface area is 128 Å². The topological polar surface area (TPSA) is 31.4 Å². The lowest BCUT2D eigenvalue weighted by molar-refractivity contribution is 0.102. The second-order valence-corrected chi connectivity index (χ2v) is 6.47. The molecule has 0 aromatic carbocycles. The molecule has 0 bridgehead atoms. The predicted octanol–water partition coefficient (Wildman–Crippen LogP) is 2.11. The lowest BCUT2D eigenvalue weighted by Crippen LogP contribution is -2.53. The molecule has 21 heavy (non-hydrogen) atoms. The highest BCUT2D eigenvalue weighted by Crippen LogP contribution is 2.32. The Morgan fingerprint density at radius 2 is 2.24 bits per heavy atom. The average molecular weight is 288 g/mol. The van der Waals surface area contributed by atoms with Crippen molar-refractivity contribution in [1.82, 2.24) is 15.2 Å². The van der Waals surface area contributed by atoms with Gasteiger partial charge in [0.2, 0.25) is 0 Å². The largest absolute Gasteiger partial charge is 0.371 e. The van der Waals surface area contributed by atoms with E-state index in [0.717, 1.165) is 25.0 Å². The summed E-state index contributed by atoms with van der Waals surface area (Å²) in [5.41, 5.74) is 2.72. The maximum absolute atomic E-state index is 4.31. The molecular formula is C17H28N4. The molecule has 0 saturated carbocycles. The van der Waals surface area contributed by atoms with E-state index in [-0.39, 0.29) is 0 Å². The van der Waals surface area contributed by atoms with Gasteiger partial charge in [0.1, 0.15) is 0 Å². The van der Waals surface area contributed by atoms with Crippen LogP contribution in [0.4, 0.5) is 5.69 Å². The number of anilines is 1. The maximum Gasteiger partial charge on any atom is 0.0442 e. The smallest absolute Gasteiger partial charge is 0.0442 e. The van der Waals surface area contributed by atoms with Gasteiger partial charge < -0.3 is 15.1 Å². The molecule has 2 aliphatic rings. The first-order chi connectivity index (χ1) is 10.3. The lowest BCUT2D eigenvalue weighted by atomic mass is 9.84. The molecule has 2 aliphatic heterocycles. The normalized spacial score (nSPS) is 26.7. The van der Waals surface area contributed by atoms with Crippen LogP contribution in [0.15, 0.2) is 18.5 Å². The predicted molar refractivity (Wildman–Crippen MR) is 87.6 cm³/mol. The molecule has 0 spiro atoms. The quantitative estimate of drug-likeness (QED) is 0.919. The van der Waals surface area contributed by atoms with Crippen LogP contribution in [-0.2, 0) is 6.54 Å². The Balaban J connectivity index is 1.73. The summed E-state index contributed by atoms with van der Waals surface area (Å²) < 4.78 is 0. The van der Waals surface area contributed by atoms with Gasteiger partial charge in [-0.25, -0.2) is 0 Å². The van der Waals surface area contributed by atoms with Crippen molar-refractivity contribution in [1.29, 1.82) is 0 Å². The number of fused-ring (bicyclic) bond motifs is 1. The number of aromatic nitrogens is 1. The standard InChI is InChI=1S/C17H28N4/c1-3-18-11-15-12-19-8-6-17(15)21-10-7-16-14(13-21)5-4-9-20(16)2/h6,8,12,14,16,18H,3-5,7,9-11,13H2,1-2H3. The van der Waals surface area contributed by atoms with Crippen LogP contribution in [-0.4, -0.2) is 49.2 Å². The Hall–Kier alpha value is -1.13. The molecule has 116 valence electrons. The fourth-order valence-electron chi connectivity index (χ4n) is 4.00. The molecule has 2 saturated heterocycles. The van der Waals surface area contributed by atoms with E-state index in [2.05, 4.69) is 40.1 Å². The third-order valence-corrected chi connectivity index (χ3v) is 5.13. The molecule has 1 N–H and O–H groups in total. The van der Waals surface area contributed by atoms with Crippen molar-refractivity contribution in [2.24, 2.45) is 5.92 Å². The van der Waals surface area contributed by atoms with Crippen molar-refractivity contribution >= 4 is 5.69 Å². The van der Waals surface area contributed by atoms with E-state index >= 15 is 0 Å². The summed E-state index contributed by atoms with van der Waals surface area (Å²) in [6.07, 6.45) is 8.00. The molecule has 4 heteroatoms. The van der Waals surface area contributed by atoms with Gasteiger partial charge in [-0.05, 0) is 51.4 Å². The van der Waals surface area contributed by atoms with E-state index in [1.807, 2.05) is 12.4 Å². The molecule has 0 amide bonds. The van der Waals surface area contributed by atoms with Crippen LogP contribution in [0, 0.1) is 5.92 Å².